The van der Waals surface area contributed by atoms with E-state index >= 15 is 0 Å². The number of methoxy groups -OCH3 is 1. The standard InChI is InChI=1S/C14H23NO5/c1-17-5-6-18-7-8-19-10-13(16)11-20-14-4-2-3-12(15)9-14/h2-4,9,13,16H,5-8,10-11,15H2,1H3. The fourth-order valence-electron chi connectivity index (χ4n) is 1.43. The molecule has 0 saturated carbocycles. The third kappa shape index (κ3) is 7.96. The maximum atomic E-state index is 9.68. The number of rotatable bonds is 11. The Morgan fingerprint density at radius 3 is 2.60 bits per heavy atom. The van der Waals surface area contributed by atoms with E-state index in [1.54, 1.807) is 31.4 Å². The van der Waals surface area contributed by atoms with Crippen LogP contribution in [0.3, 0.4) is 0 Å². The zero-order valence-corrected chi connectivity index (χ0v) is 11.8. The molecule has 0 aliphatic carbocycles. The number of nitrogens with two attached hydrogens (primary N) is 1. The summed E-state index contributed by atoms with van der Waals surface area (Å²) < 4.78 is 20.7. The number of aliphatic hydroxyl groups is 1. The number of hydrogen-bond donors (Lipinski definition) is 2. The number of nitrogen functional groups attached to an aromatic ring is 1. The molecule has 1 unspecified atom stereocenters. The largest absolute Gasteiger partial charge is 0.491 e. The van der Waals surface area contributed by atoms with Crippen molar-refractivity contribution in [2.24, 2.45) is 0 Å². The van der Waals surface area contributed by atoms with Gasteiger partial charge >= 0.3 is 0 Å². The molecule has 0 radical (unpaired) electrons. The SMILES string of the molecule is COCCOCCOCC(O)COc1cccc(N)c1. The van der Waals surface area contributed by atoms with Crippen molar-refractivity contribution in [2.45, 2.75) is 6.10 Å². The molecule has 6 nitrogen and oxygen atoms in total. The first-order chi connectivity index (χ1) is 9.72. The van der Waals surface area contributed by atoms with E-state index in [2.05, 4.69) is 0 Å². The molecule has 20 heavy (non-hydrogen) atoms. The van der Waals surface area contributed by atoms with Gasteiger partial charge in [-0.2, -0.15) is 0 Å². The Morgan fingerprint density at radius 1 is 1.10 bits per heavy atom. The average molecular weight is 285 g/mol. The summed E-state index contributed by atoms with van der Waals surface area (Å²) >= 11 is 0. The van der Waals surface area contributed by atoms with Gasteiger partial charge < -0.3 is 29.8 Å². The molecular formula is C14H23NO5. The number of hydrogen-bond acceptors (Lipinski definition) is 6. The van der Waals surface area contributed by atoms with Gasteiger partial charge in [-0.05, 0) is 12.1 Å². The third-order valence-electron chi connectivity index (χ3n) is 2.41. The predicted molar refractivity (Wildman–Crippen MR) is 75.9 cm³/mol. The van der Waals surface area contributed by atoms with Gasteiger partial charge in [0.2, 0.25) is 0 Å². The van der Waals surface area contributed by atoms with E-state index in [4.69, 9.17) is 24.7 Å². The van der Waals surface area contributed by atoms with Crippen molar-refractivity contribution < 1.29 is 24.1 Å². The Labute approximate surface area is 119 Å². The lowest BCUT2D eigenvalue weighted by Gasteiger charge is -2.13. The average Bonchev–Trinajstić information content (AvgIpc) is 2.44. The van der Waals surface area contributed by atoms with Crippen molar-refractivity contribution in [1.82, 2.24) is 0 Å². The first kappa shape index (κ1) is 16.7. The molecule has 0 spiro atoms. The summed E-state index contributed by atoms with van der Waals surface area (Å²) in [5.41, 5.74) is 6.25. The maximum Gasteiger partial charge on any atom is 0.121 e. The molecule has 0 amide bonds. The predicted octanol–water partition coefficient (Wildman–Crippen LogP) is 0.688. The van der Waals surface area contributed by atoms with Gasteiger partial charge in [0.05, 0.1) is 33.0 Å². The lowest BCUT2D eigenvalue weighted by atomic mass is 10.3. The van der Waals surface area contributed by atoms with Crippen LogP contribution >= 0.6 is 0 Å². The summed E-state index contributed by atoms with van der Waals surface area (Å²) in [6.07, 6.45) is -0.685. The molecule has 1 aromatic rings. The molecule has 1 rings (SSSR count). The van der Waals surface area contributed by atoms with Crippen molar-refractivity contribution in [3.8, 4) is 5.75 Å². The molecule has 1 atom stereocenters. The normalized spacial score (nSPS) is 12.3. The van der Waals surface area contributed by atoms with Gasteiger partial charge in [0.15, 0.2) is 0 Å². The molecule has 0 fully saturated rings. The third-order valence-corrected chi connectivity index (χ3v) is 2.41. The topological polar surface area (TPSA) is 83.2 Å². The van der Waals surface area contributed by atoms with Crippen molar-refractivity contribution in [1.29, 1.82) is 0 Å². The summed E-state index contributed by atoms with van der Waals surface area (Å²) in [4.78, 5) is 0. The number of aliphatic hydroxyl groups excluding tert-OH is 1. The Balaban J connectivity index is 2.01. The maximum absolute atomic E-state index is 9.68. The van der Waals surface area contributed by atoms with E-state index in [9.17, 15) is 5.11 Å². The molecule has 0 aliphatic rings. The van der Waals surface area contributed by atoms with Crippen molar-refractivity contribution in [2.75, 3.05) is 52.5 Å². The van der Waals surface area contributed by atoms with Crippen LogP contribution in [0.15, 0.2) is 24.3 Å². The van der Waals surface area contributed by atoms with Gasteiger partial charge in [0.25, 0.3) is 0 Å². The zero-order chi connectivity index (χ0) is 14.6. The molecule has 0 aliphatic heterocycles. The second-order valence-electron chi connectivity index (χ2n) is 4.22. The van der Waals surface area contributed by atoms with Gasteiger partial charge in [-0.25, -0.2) is 0 Å². The molecule has 0 saturated heterocycles. The molecular weight excluding hydrogens is 262 g/mol. The lowest BCUT2D eigenvalue weighted by Crippen LogP contribution is -2.24. The van der Waals surface area contributed by atoms with E-state index in [-0.39, 0.29) is 13.2 Å². The van der Waals surface area contributed by atoms with Crippen molar-refractivity contribution >= 4 is 5.69 Å². The van der Waals surface area contributed by atoms with Crippen LogP contribution in [-0.4, -0.2) is 58.0 Å². The molecule has 0 aromatic heterocycles. The highest BCUT2D eigenvalue weighted by Gasteiger charge is 2.05. The van der Waals surface area contributed by atoms with Crippen LogP contribution in [0.5, 0.6) is 5.75 Å². The van der Waals surface area contributed by atoms with E-state index in [0.29, 0.717) is 37.9 Å². The fourth-order valence-corrected chi connectivity index (χ4v) is 1.43. The van der Waals surface area contributed by atoms with Crippen LogP contribution in [0.25, 0.3) is 0 Å². The zero-order valence-electron chi connectivity index (χ0n) is 11.8. The minimum Gasteiger partial charge on any atom is -0.491 e. The molecule has 3 N–H and O–H groups in total. The Hall–Kier alpha value is -1.34. The number of ether oxygens (including phenoxy) is 4. The minimum atomic E-state index is -0.685. The van der Waals surface area contributed by atoms with E-state index < -0.39 is 6.10 Å². The van der Waals surface area contributed by atoms with Crippen LogP contribution < -0.4 is 10.5 Å². The van der Waals surface area contributed by atoms with Gasteiger partial charge in [0, 0.05) is 18.9 Å². The molecule has 6 heteroatoms. The van der Waals surface area contributed by atoms with Crippen LogP contribution in [0.4, 0.5) is 5.69 Å². The van der Waals surface area contributed by atoms with E-state index in [1.807, 2.05) is 0 Å². The lowest BCUT2D eigenvalue weighted by molar-refractivity contribution is -0.0169. The van der Waals surface area contributed by atoms with E-state index in [1.165, 1.54) is 0 Å². The first-order valence-electron chi connectivity index (χ1n) is 6.53. The summed E-state index contributed by atoms with van der Waals surface area (Å²) in [6, 6.07) is 7.06. The summed E-state index contributed by atoms with van der Waals surface area (Å²) in [7, 11) is 1.62. The van der Waals surface area contributed by atoms with E-state index in [0.717, 1.165) is 0 Å². The second kappa shape index (κ2) is 10.4. The summed E-state index contributed by atoms with van der Waals surface area (Å²) in [5, 5.41) is 9.68. The molecule has 114 valence electrons. The highest BCUT2D eigenvalue weighted by Crippen LogP contribution is 2.14. The van der Waals surface area contributed by atoms with Gasteiger partial charge in [-0.3, -0.25) is 0 Å². The smallest absolute Gasteiger partial charge is 0.121 e. The number of benzene rings is 1. The minimum absolute atomic E-state index is 0.161. The summed E-state index contributed by atoms with van der Waals surface area (Å²) in [6.45, 7) is 2.38. The van der Waals surface area contributed by atoms with Gasteiger partial charge in [-0.1, -0.05) is 6.07 Å². The molecule has 0 heterocycles. The monoisotopic (exact) mass is 285 g/mol. The van der Waals surface area contributed by atoms with Crippen LogP contribution in [-0.2, 0) is 14.2 Å². The van der Waals surface area contributed by atoms with Crippen LogP contribution in [0, 0.1) is 0 Å². The second-order valence-corrected chi connectivity index (χ2v) is 4.22. The number of anilines is 1. The molecule has 0 bridgehead atoms. The van der Waals surface area contributed by atoms with Crippen LogP contribution in [0.1, 0.15) is 0 Å². The van der Waals surface area contributed by atoms with Gasteiger partial charge in [-0.15, -0.1) is 0 Å². The Bertz CT molecular complexity index is 361. The van der Waals surface area contributed by atoms with Crippen molar-refractivity contribution in [3.63, 3.8) is 0 Å². The first-order valence-corrected chi connectivity index (χ1v) is 6.53. The highest BCUT2D eigenvalue weighted by molar-refractivity contribution is 5.43. The van der Waals surface area contributed by atoms with Gasteiger partial charge in [0.1, 0.15) is 18.5 Å². The molecule has 1 aromatic carbocycles. The Morgan fingerprint density at radius 2 is 1.85 bits per heavy atom. The summed E-state index contributed by atoms with van der Waals surface area (Å²) in [5.74, 6) is 0.631. The highest BCUT2D eigenvalue weighted by atomic mass is 16.5. The van der Waals surface area contributed by atoms with Crippen LogP contribution in [0.2, 0.25) is 0 Å². The fraction of sp³-hybridized carbons (Fsp3) is 0.571. The Kier molecular flexibility index (Phi) is 8.73. The van der Waals surface area contributed by atoms with Crippen molar-refractivity contribution in [3.05, 3.63) is 24.3 Å². The quantitative estimate of drug-likeness (QED) is 0.460.